The molecular weight excluding hydrogens is 242 g/mol. The molecule has 5 nitrogen and oxygen atoms in total. The van der Waals surface area contributed by atoms with Crippen molar-refractivity contribution in [3.05, 3.63) is 17.6 Å². The molecular formula is C14H19N3O2. The van der Waals surface area contributed by atoms with E-state index < -0.39 is 0 Å². The minimum atomic E-state index is 0.167. The maximum atomic E-state index is 8.94. The van der Waals surface area contributed by atoms with Crippen LogP contribution in [0.25, 0.3) is 0 Å². The zero-order valence-corrected chi connectivity index (χ0v) is 11.6. The van der Waals surface area contributed by atoms with Crippen LogP contribution in [-0.2, 0) is 4.74 Å². The van der Waals surface area contributed by atoms with Crippen LogP contribution in [0.5, 0.6) is 5.88 Å². The van der Waals surface area contributed by atoms with Gasteiger partial charge < -0.3 is 9.47 Å². The predicted octanol–water partition coefficient (Wildman–Crippen LogP) is 2.24. The van der Waals surface area contributed by atoms with Crippen LogP contribution in [0.2, 0.25) is 0 Å². The summed E-state index contributed by atoms with van der Waals surface area (Å²) >= 11 is 0. The van der Waals surface area contributed by atoms with E-state index in [0.717, 1.165) is 26.1 Å². The van der Waals surface area contributed by atoms with Crippen molar-refractivity contribution in [3.8, 4) is 11.9 Å². The zero-order valence-electron chi connectivity index (χ0n) is 11.6. The summed E-state index contributed by atoms with van der Waals surface area (Å²) in [6.45, 7) is 7.48. The molecule has 0 atom stereocenters. The number of hydrogen-bond donors (Lipinski definition) is 0. The Bertz CT molecular complexity index is 484. The molecule has 1 aromatic heterocycles. The Hall–Kier alpha value is -1.67. The van der Waals surface area contributed by atoms with Gasteiger partial charge in [-0.05, 0) is 19.8 Å². The number of hydrogen-bond acceptors (Lipinski definition) is 5. The first-order chi connectivity index (χ1) is 9.21. The van der Waals surface area contributed by atoms with Crippen LogP contribution >= 0.6 is 0 Å². The number of nitriles is 1. The highest BCUT2D eigenvalue weighted by molar-refractivity contribution is 5.36. The van der Waals surface area contributed by atoms with E-state index in [-0.39, 0.29) is 6.10 Å². The van der Waals surface area contributed by atoms with Gasteiger partial charge in [0.1, 0.15) is 23.6 Å². The molecule has 0 aromatic carbocycles. The Morgan fingerprint density at radius 2 is 2.11 bits per heavy atom. The summed E-state index contributed by atoms with van der Waals surface area (Å²) in [7, 11) is 0. The van der Waals surface area contributed by atoms with Crippen molar-refractivity contribution in [2.45, 2.75) is 39.7 Å². The van der Waals surface area contributed by atoms with E-state index in [9.17, 15) is 0 Å². The van der Waals surface area contributed by atoms with Crippen molar-refractivity contribution >= 4 is 0 Å². The van der Waals surface area contributed by atoms with E-state index in [4.69, 9.17) is 14.7 Å². The second kappa shape index (κ2) is 5.54. The molecule has 0 unspecified atom stereocenters. The molecule has 1 aliphatic heterocycles. The van der Waals surface area contributed by atoms with Crippen molar-refractivity contribution < 1.29 is 9.47 Å². The summed E-state index contributed by atoms with van der Waals surface area (Å²) < 4.78 is 11.0. The van der Waals surface area contributed by atoms with Crippen molar-refractivity contribution in [2.75, 3.05) is 13.2 Å². The summed E-state index contributed by atoms with van der Waals surface area (Å²) in [4.78, 5) is 8.15. The second-order valence-electron chi connectivity index (χ2n) is 4.89. The topological polar surface area (TPSA) is 68.0 Å². The SMILES string of the molecule is CC.Cc1ncc(C#N)c(OC2CC3(COC3)C2)n1. The largest absolute Gasteiger partial charge is 0.473 e. The molecule has 2 aliphatic rings. The summed E-state index contributed by atoms with van der Waals surface area (Å²) in [5.41, 5.74) is 0.765. The maximum Gasteiger partial charge on any atom is 0.235 e. The third kappa shape index (κ3) is 2.69. The standard InChI is InChI=1S/C12H13N3O2.C2H6/c1-8-14-5-9(4-13)11(15-8)17-10-2-12(3-10)6-16-7-12;1-2/h5,10H,2-3,6-7H2,1H3;1-2H3. The van der Waals surface area contributed by atoms with Gasteiger partial charge in [-0.15, -0.1) is 0 Å². The molecule has 5 heteroatoms. The van der Waals surface area contributed by atoms with Crippen LogP contribution < -0.4 is 4.74 Å². The van der Waals surface area contributed by atoms with Gasteiger partial charge in [0.2, 0.25) is 5.88 Å². The predicted molar refractivity (Wildman–Crippen MR) is 69.7 cm³/mol. The Morgan fingerprint density at radius 3 is 2.63 bits per heavy atom. The number of aryl methyl sites for hydroxylation is 1. The normalized spacial score (nSPS) is 19.5. The van der Waals surface area contributed by atoms with Gasteiger partial charge in [0.25, 0.3) is 0 Å². The molecule has 102 valence electrons. The molecule has 2 heterocycles. The number of nitrogens with zero attached hydrogens (tertiary/aromatic N) is 3. The lowest BCUT2D eigenvalue weighted by Crippen LogP contribution is -2.56. The molecule has 1 spiro atoms. The fraction of sp³-hybridized carbons (Fsp3) is 0.643. The molecule has 2 fully saturated rings. The highest BCUT2D eigenvalue weighted by atomic mass is 16.5. The van der Waals surface area contributed by atoms with Crippen molar-refractivity contribution in [3.63, 3.8) is 0 Å². The van der Waals surface area contributed by atoms with Crippen LogP contribution in [0, 0.1) is 23.7 Å². The van der Waals surface area contributed by atoms with Crippen molar-refractivity contribution in [2.24, 2.45) is 5.41 Å². The van der Waals surface area contributed by atoms with E-state index >= 15 is 0 Å². The van der Waals surface area contributed by atoms with Crippen LogP contribution in [-0.4, -0.2) is 29.3 Å². The van der Waals surface area contributed by atoms with Crippen LogP contribution in [0.15, 0.2) is 6.20 Å². The zero-order chi connectivity index (χ0) is 13.9. The molecule has 0 amide bonds. The van der Waals surface area contributed by atoms with Gasteiger partial charge in [-0.25, -0.2) is 4.98 Å². The van der Waals surface area contributed by atoms with E-state index in [1.807, 2.05) is 13.8 Å². The van der Waals surface area contributed by atoms with E-state index in [1.54, 1.807) is 6.92 Å². The molecule has 19 heavy (non-hydrogen) atoms. The van der Waals surface area contributed by atoms with Gasteiger partial charge in [0.15, 0.2) is 0 Å². The molecule has 0 radical (unpaired) electrons. The third-order valence-corrected chi connectivity index (χ3v) is 3.41. The molecule has 1 aliphatic carbocycles. The molecule has 1 saturated heterocycles. The van der Waals surface area contributed by atoms with E-state index in [0.29, 0.717) is 22.7 Å². The van der Waals surface area contributed by atoms with Gasteiger partial charge in [-0.1, -0.05) is 13.8 Å². The van der Waals surface area contributed by atoms with Gasteiger partial charge in [-0.3, -0.25) is 0 Å². The fourth-order valence-corrected chi connectivity index (χ4v) is 2.39. The first-order valence-electron chi connectivity index (χ1n) is 6.69. The monoisotopic (exact) mass is 261 g/mol. The second-order valence-corrected chi connectivity index (χ2v) is 4.89. The summed E-state index contributed by atoms with van der Waals surface area (Å²) in [5.74, 6) is 1.04. The molecule has 3 rings (SSSR count). The number of ether oxygens (including phenoxy) is 2. The lowest BCUT2D eigenvalue weighted by Gasteiger charge is -2.52. The lowest BCUT2D eigenvalue weighted by atomic mass is 9.65. The summed E-state index contributed by atoms with van der Waals surface area (Å²) in [5, 5.41) is 8.94. The van der Waals surface area contributed by atoms with E-state index in [1.165, 1.54) is 6.20 Å². The Labute approximate surface area is 113 Å². The third-order valence-electron chi connectivity index (χ3n) is 3.41. The lowest BCUT2D eigenvalue weighted by molar-refractivity contribution is -0.191. The maximum absolute atomic E-state index is 8.94. The number of aromatic nitrogens is 2. The van der Waals surface area contributed by atoms with Gasteiger partial charge in [0, 0.05) is 5.41 Å². The Balaban J connectivity index is 0.000000637. The Morgan fingerprint density at radius 1 is 1.42 bits per heavy atom. The number of rotatable bonds is 2. The fourth-order valence-electron chi connectivity index (χ4n) is 2.39. The van der Waals surface area contributed by atoms with Crippen LogP contribution in [0.3, 0.4) is 0 Å². The first-order valence-corrected chi connectivity index (χ1v) is 6.69. The van der Waals surface area contributed by atoms with E-state index in [2.05, 4.69) is 16.0 Å². The van der Waals surface area contributed by atoms with Crippen molar-refractivity contribution in [1.82, 2.24) is 9.97 Å². The quantitative estimate of drug-likeness (QED) is 0.816. The van der Waals surface area contributed by atoms with Gasteiger partial charge in [0.05, 0.1) is 19.4 Å². The molecule has 1 saturated carbocycles. The smallest absolute Gasteiger partial charge is 0.235 e. The summed E-state index contributed by atoms with van der Waals surface area (Å²) in [6.07, 6.45) is 3.68. The highest BCUT2D eigenvalue weighted by Crippen LogP contribution is 2.48. The minimum Gasteiger partial charge on any atom is -0.473 e. The highest BCUT2D eigenvalue weighted by Gasteiger charge is 2.51. The van der Waals surface area contributed by atoms with Crippen molar-refractivity contribution in [1.29, 1.82) is 5.26 Å². The molecule has 0 bridgehead atoms. The molecule has 1 aromatic rings. The first kappa shape index (κ1) is 13.8. The average molecular weight is 261 g/mol. The van der Waals surface area contributed by atoms with Gasteiger partial charge >= 0.3 is 0 Å². The van der Waals surface area contributed by atoms with Gasteiger partial charge in [-0.2, -0.15) is 10.2 Å². The average Bonchev–Trinajstić information content (AvgIpc) is 2.33. The summed E-state index contributed by atoms with van der Waals surface area (Å²) in [6, 6.07) is 2.05. The van der Waals surface area contributed by atoms with Crippen LogP contribution in [0.1, 0.15) is 38.1 Å². The Kier molecular flexibility index (Phi) is 4.01. The molecule has 0 N–H and O–H groups in total. The van der Waals surface area contributed by atoms with Crippen LogP contribution in [0.4, 0.5) is 0 Å². The minimum absolute atomic E-state index is 0.167.